The number of likely N-dealkylation sites (N-methyl/N-ethyl adjacent to an activating group) is 1. The van der Waals surface area contributed by atoms with E-state index in [0.29, 0.717) is 5.92 Å². The van der Waals surface area contributed by atoms with Gasteiger partial charge in [-0.15, -0.1) is 0 Å². The molecule has 3 rings (SSSR count). The van der Waals surface area contributed by atoms with Crippen molar-refractivity contribution in [1.82, 2.24) is 4.90 Å². The summed E-state index contributed by atoms with van der Waals surface area (Å²) in [6, 6.07) is 9.04. The number of hydrogen-bond donors (Lipinski definition) is 1. The summed E-state index contributed by atoms with van der Waals surface area (Å²) in [5.74, 6) is 0.703. The average molecular weight is 272 g/mol. The van der Waals surface area contributed by atoms with Crippen LogP contribution in [0, 0.1) is 0 Å². The number of nitrogens with two attached hydrogens (primary N) is 1. The minimum absolute atomic E-state index is 0.284. The van der Waals surface area contributed by atoms with Gasteiger partial charge in [-0.3, -0.25) is 4.90 Å². The van der Waals surface area contributed by atoms with Crippen molar-refractivity contribution >= 4 is 0 Å². The Morgan fingerprint density at radius 1 is 1.20 bits per heavy atom. The second-order valence-electron chi connectivity index (χ2n) is 6.80. The lowest BCUT2D eigenvalue weighted by molar-refractivity contribution is 0.120. The van der Waals surface area contributed by atoms with E-state index in [0.717, 1.165) is 6.54 Å². The molecule has 0 amide bonds. The summed E-state index contributed by atoms with van der Waals surface area (Å²) in [4.78, 5) is 2.59. The van der Waals surface area contributed by atoms with Crippen LogP contribution in [0.5, 0.6) is 0 Å². The van der Waals surface area contributed by atoms with Crippen LogP contribution >= 0.6 is 0 Å². The van der Waals surface area contributed by atoms with Crippen molar-refractivity contribution in [2.75, 3.05) is 20.1 Å². The molecule has 1 saturated carbocycles. The molecule has 2 aliphatic rings. The summed E-state index contributed by atoms with van der Waals surface area (Å²) >= 11 is 0. The maximum Gasteiger partial charge on any atom is 0.0328 e. The van der Waals surface area contributed by atoms with Crippen LogP contribution in [0.2, 0.25) is 0 Å². The second-order valence-corrected chi connectivity index (χ2v) is 6.80. The molecular formula is C18H28N2. The highest BCUT2D eigenvalue weighted by Gasteiger charge is 2.37. The lowest BCUT2D eigenvalue weighted by Gasteiger charge is -2.41. The topological polar surface area (TPSA) is 29.3 Å². The summed E-state index contributed by atoms with van der Waals surface area (Å²) in [5.41, 5.74) is 9.58. The molecule has 0 heterocycles. The molecule has 0 saturated heterocycles. The van der Waals surface area contributed by atoms with Crippen molar-refractivity contribution in [2.45, 2.75) is 56.4 Å². The van der Waals surface area contributed by atoms with Gasteiger partial charge in [-0.05, 0) is 56.2 Å². The average Bonchev–Trinajstić information content (AvgIpc) is 2.98. The van der Waals surface area contributed by atoms with Gasteiger partial charge < -0.3 is 5.73 Å². The maximum absolute atomic E-state index is 6.13. The van der Waals surface area contributed by atoms with Crippen LogP contribution in [0.15, 0.2) is 24.3 Å². The first-order valence-corrected chi connectivity index (χ1v) is 8.24. The molecule has 0 radical (unpaired) electrons. The Bertz CT molecular complexity index is 448. The van der Waals surface area contributed by atoms with Gasteiger partial charge in [0.1, 0.15) is 0 Å². The lowest BCUT2D eigenvalue weighted by Crippen LogP contribution is -2.51. The zero-order valence-electron chi connectivity index (χ0n) is 12.8. The molecule has 0 bridgehead atoms. The zero-order valence-corrected chi connectivity index (χ0v) is 12.8. The number of hydrogen-bond acceptors (Lipinski definition) is 2. The Labute approximate surface area is 123 Å². The van der Waals surface area contributed by atoms with E-state index in [-0.39, 0.29) is 5.54 Å². The Hall–Kier alpha value is -0.860. The van der Waals surface area contributed by atoms with E-state index in [2.05, 4.69) is 36.2 Å². The van der Waals surface area contributed by atoms with Crippen molar-refractivity contribution in [2.24, 2.45) is 5.73 Å². The molecule has 2 heteroatoms. The third-order valence-electron chi connectivity index (χ3n) is 5.71. The second kappa shape index (κ2) is 5.87. The molecule has 0 aliphatic heterocycles. The summed E-state index contributed by atoms with van der Waals surface area (Å²) in [6.07, 6.45) is 9.21. The quantitative estimate of drug-likeness (QED) is 0.911. The molecule has 110 valence electrons. The number of nitrogens with zero attached hydrogens (tertiary/aromatic N) is 1. The van der Waals surface area contributed by atoms with Crippen LogP contribution in [0.3, 0.4) is 0 Å². The normalized spacial score (nSPS) is 24.9. The Morgan fingerprint density at radius 3 is 2.70 bits per heavy atom. The number of benzene rings is 1. The molecule has 20 heavy (non-hydrogen) atoms. The molecule has 1 aromatic carbocycles. The smallest absolute Gasteiger partial charge is 0.0328 e. The summed E-state index contributed by atoms with van der Waals surface area (Å²) in [5, 5.41) is 0. The van der Waals surface area contributed by atoms with Crippen LogP contribution in [0.4, 0.5) is 0 Å². The molecule has 1 atom stereocenters. The maximum atomic E-state index is 6.13. The Balaban J connectivity index is 1.75. The van der Waals surface area contributed by atoms with Gasteiger partial charge in [-0.1, -0.05) is 37.1 Å². The first-order valence-electron chi connectivity index (χ1n) is 8.24. The summed E-state index contributed by atoms with van der Waals surface area (Å²) < 4.78 is 0. The third kappa shape index (κ3) is 2.51. The van der Waals surface area contributed by atoms with Crippen molar-refractivity contribution in [3.05, 3.63) is 35.4 Å². The van der Waals surface area contributed by atoms with Crippen molar-refractivity contribution in [3.8, 4) is 0 Å². The molecule has 0 spiro atoms. The number of rotatable bonds is 4. The first-order chi connectivity index (χ1) is 9.75. The van der Waals surface area contributed by atoms with Crippen LogP contribution in [0.1, 0.15) is 55.6 Å². The third-order valence-corrected chi connectivity index (χ3v) is 5.71. The van der Waals surface area contributed by atoms with Gasteiger partial charge in [-0.25, -0.2) is 0 Å². The van der Waals surface area contributed by atoms with Crippen molar-refractivity contribution < 1.29 is 0 Å². The Morgan fingerprint density at radius 2 is 1.95 bits per heavy atom. The van der Waals surface area contributed by atoms with Gasteiger partial charge in [0.2, 0.25) is 0 Å². The van der Waals surface area contributed by atoms with Crippen LogP contribution in [-0.4, -0.2) is 30.6 Å². The van der Waals surface area contributed by atoms with Gasteiger partial charge in [0.15, 0.2) is 0 Å². The molecule has 1 fully saturated rings. The largest absolute Gasteiger partial charge is 0.329 e. The number of fused-ring (bicyclic) bond motifs is 1. The Kier molecular flexibility index (Phi) is 4.13. The van der Waals surface area contributed by atoms with Gasteiger partial charge in [0.25, 0.3) is 0 Å². The highest BCUT2D eigenvalue weighted by molar-refractivity contribution is 5.32. The van der Waals surface area contributed by atoms with E-state index in [1.807, 2.05) is 0 Å². The number of aryl methyl sites for hydroxylation is 1. The SMILES string of the molecule is CN(CC1CCCc2ccccc21)C1(CN)CCCC1. The fourth-order valence-corrected chi connectivity index (χ4v) is 4.34. The van der Waals surface area contributed by atoms with E-state index < -0.39 is 0 Å². The van der Waals surface area contributed by atoms with Crippen molar-refractivity contribution in [3.63, 3.8) is 0 Å². The van der Waals surface area contributed by atoms with Gasteiger partial charge in [-0.2, -0.15) is 0 Å². The fourth-order valence-electron chi connectivity index (χ4n) is 4.34. The van der Waals surface area contributed by atoms with E-state index in [1.54, 1.807) is 11.1 Å². The van der Waals surface area contributed by atoms with Gasteiger partial charge >= 0.3 is 0 Å². The molecule has 0 aromatic heterocycles. The molecule has 2 N–H and O–H groups in total. The zero-order chi connectivity index (χ0) is 14.0. The van der Waals surface area contributed by atoms with Crippen LogP contribution < -0.4 is 5.73 Å². The van der Waals surface area contributed by atoms with E-state index in [1.165, 1.54) is 51.5 Å². The van der Waals surface area contributed by atoms with E-state index >= 15 is 0 Å². The molecule has 1 unspecified atom stereocenters. The minimum atomic E-state index is 0.284. The fraction of sp³-hybridized carbons (Fsp3) is 0.667. The van der Waals surface area contributed by atoms with E-state index in [4.69, 9.17) is 5.73 Å². The first kappa shape index (κ1) is 14.1. The predicted octanol–water partition coefficient (Wildman–Crippen LogP) is 3.31. The summed E-state index contributed by atoms with van der Waals surface area (Å²) in [7, 11) is 2.30. The highest BCUT2D eigenvalue weighted by atomic mass is 15.2. The molecule has 2 aliphatic carbocycles. The predicted molar refractivity (Wildman–Crippen MR) is 85.0 cm³/mol. The standard InChI is InChI=1S/C18H28N2/c1-20(18(14-19)11-4-5-12-18)13-16-9-6-8-15-7-2-3-10-17(15)16/h2-3,7,10,16H,4-6,8-9,11-14,19H2,1H3. The van der Waals surface area contributed by atoms with Crippen LogP contribution in [-0.2, 0) is 6.42 Å². The van der Waals surface area contributed by atoms with Gasteiger partial charge in [0, 0.05) is 18.6 Å². The molecule has 1 aromatic rings. The highest BCUT2D eigenvalue weighted by Crippen LogP contribution is 2.37. The van der Waals surface area contributed by atoms with Crippen LogP contribution in [0.25, 0.3) is 0 Å². The van der Waals surface area contributed by atoms with Gasteiger partial charge in [0.05, 0.1) is 0 Å². The van der Waals surface area contributed by atoms with Crippen molar-refractivity contribution in [1.29, 1.82) is 0 Å². The minimum Gasteiger partial charge on any atom is -0.329 e. The monoisotopic (exact) mass is 272 g/mol. The van der Waals surface area contributed by atoms with E-state index in [9.17, 15) is 0 Å². The molecule has 2 nitrogen and oxygen atoms in total. The lowest BCUT2D eigenvalue weighted by atomic mass is 9.81. The molecular weight excluding hydrogens is 244 g/mol. The summed E-state index contributed by atoms with van der Waals surface area (Å²) in [6.45, 7) is 1.99.